The van der Waals surface area contributed by atoms with Gasteiger partial charge in [-0.05, 0) is 24.5 Å². The second kappa shape index (κ2) is 8.54. The number of aromatic carboxylic acids is 1. The first-order valence-corrected chi connectivity index (χ1v) is 7.86. The van der Waals surface area contributed by atoms with Crippen molar-refractivity contribution >= 4 is 11.9 Å². The van der Waals surface area contributed by atoms with E-state index in [-0.39, 0.29) is 17.9 Å². The molecule has 22 heavy (non-hydrogen) atoms. The fraction of sp³-hybridized carbons (Fsp3) is 0.529. The number of amides is 1. The van der Waals surface area contributed by atoms with Gasteiger partial charge in [-0.25, -0.2) is 4.79 Å². The second-order valence-corrected chi connectivity index (χ2v) is 5.62. The van der Waals surface area contributed by atoms with E-state index < -0.39 is 5.97 Å². The van der Waals surface area contributed by atoms with Crippen LogP contribution in [0, 0.1) is 0 Å². The van der Waals surface area contributed by atoms with Crippen LogP contribution in [0.2, 0.25) is 0 Å². The SMILES string of the molecule is O=C(Cc1ccccc1C(=O)O)NCCOC1CCCCC1. The first-order valence-electron chi connectivity index (χ1n) is 7.86. The maximum atomic E-state index is 11.9. The lowest BCUT2D eigenvalue weighted by atomic mass is 9.98. The molecule has 0 radical (unpaired) electrons. The number of benzene rings is 1. The van der Waals surface area contributed by atoms with Crippen LogP contribution in [0.1, 0.15) is 48.0 Å². The molecule has 5 heteroatoms. The van der Waals surface area contributed by atoms with Crippen LogP contribution in [0.5, 0.6) is 0 Å². The van der Waals surface area contributed by atoms with Crippen molar-refractivity contribution in [3.05, 3.63) is 35.4 Å². The molecule has 1 fully saturated rings. The third-order valence-corrected chi connectivity index (χ3v) is 3.93. The molecule has 1 amide bonds. The van der Waals surface area contributed by atoms with Gasteiger partial charge in [0.2, 0.25) is 5.91 Å². The molecule has 120 valence electrons. The van der Waals surface area contributed by atoms with Gasteiger partial charge in [0.05, 0.1) is 24.7 Å². The molecular formula is C17H23NO4. The molecule has 0 atom stereocenters. The number of carbonyl (C=O) groups is 2. The fourth-order valence-electron chi connectivity index (χ4n) is 2.77. The van der Waals surface area contributed by atoms with E-state index in [2.05, 4.69) is 5.32 Å². The van der Waals surface area contributed by atoms with Gasteiger partial charge in [-0.3, -0.25) is 4.79 Å². The van der Waals surface area contributed by atoms with E-state index in [0.717, 1.165) is 12.8 Å². The van der Waals surface area contributed by atoms with Gasteiger partial charge in [-0.2, -0.15) is 0 Å². The van der Waals surface area contributed by atoms with Gasteiger partial charge in [0.15, 0.2) is 0 Å². The van der Waals surface area contributed by atoms with Crippen LogP contribution in [0.25, 0.3) is 0 Å². The Hall–Kier alpha value is -1.88. The number of carboxylic acids is 1. The minimum absolute atomic E-state index is 0.0753. The molecule has 1 saturated carbocycles. The summed E-state index contributed by atoms with van der Waals surface area (Å²) in [6.07, 6.45) is 6.37. The highest BCUT2D eigenvalue weighted by Gasteiger charge is 2.14. The Morgan fingerprint density at radius 1 is 1.18 bits per heavy atom. The van der Waals surface area contributed by atoms with Crippen molar-refractivity contribution in [3.63, 3.8) is 0 Å². The van der Waals surface area contributed by atoms with Crippen LogP contribution in [-0.4, -0.2) is 36.2 Å². The van der Waals surface area contributed by atoms with Crippen molar-refractivity contribution in [2.75, 3.05) is 13.2 Å². The molecule has 5 nitrogen and oxygen atoms in total. The summed E-state index contributed by atoms with van der Waals surface area (Å²) in [5.41, 5.74) is 0.705. The summed E-state index contributed by atoms with van der Waals surface area (Å²) in [5.74, 6) is -1.19. The minimum Gasteiger partial charge on any atom is -0.478 e. The highest BCUT2D eigenvalue weighted by molar-refractivity contribution is 5.91. The Labute approximate surface area is 130 Å². The number of nitrogens with one attached hydrogen (secondary N) is 1. The lowest BCUT2D eigenvalue weighted by Gasteiger charge is -2.22. The summed E-state index contributed by atoms with van der Waals surface area (Å²) < 4.78 is 5.74. The summed E-state index contributed by atoms with van der Waals surface area (Å²) in [5, 5.41) is 11.9. The number of carboxylic acid groups (broad SMARTS) is 1. The van der Waals surface area contributed by atoms with Gasteiger partial charge < -0.3 is 15.2 Å². The maximum Gasteiger partial charge on any atom is 0.335 e. The zero-order valence-electron chi connectivity index (χ0n) is 12.7. The van der Waals surface area contributed by atoms with Gasteiger partial charge in [-0.15, -0.1) is 0 Å². The van der Waals surface area contributed by atoms with E-state index >= 15 is 0 Å². The van der Waals surface area contributed by atoms with Crippen LogP contribution < -0.4 is 5.32 Å². The van der Waals surface area contributed by atoms with Crippen LogP contribution in [-0.2, 0) is 16.0 Å². The largest absolute Gasteiger partial charge is 0.478 e. The smallest absolute Gasteiger partial charge is 0.335 e. The summed E-state index contributed by atoms with van der Waals surface area (Å²) in [4.78, 5) is 23.0. The van der Waals surface area contributed by atoms with E-state index in [9.17, 15) is 9.59 Å². The van der Waals surface area contributed by atoms with Gasteiger partial charge in [0.1, 0.15) is 0 Å². The van der Waals surface area contributed by atoms with Gasteiger partial charge >= 0.3 is 5.97 Å². The van der Waals surface area contributed by atoms with Gasteiger partial charge in [-0.1, -0.05) is 37.5 Å². The normalized spacial score (nSPS) is 15.5. The van der Waals surface area contributed by atoms with E-state index in [4.69, 9.17) is 9.84 Å². The van der Waals surface area contributed by atoms with Crippen LogP contribution in [0.3, 0.4) is 0 Å². The second-order valence-electron chi connectivity index (χ2n) is 5.62. The molecule has 2 N–H and O–H groups in total. The molecule has 2 rings (SSSR count). The third kappa shape index (κ3) is 5.15. The average Bonchev–Trinajstić information content (AvgIpc) is 2.53. The minimum atomic E-state index is -1.01. The first kappa shape index (κ1) is 16.5. The molecular weight excluding hydrogens is 282 g/mol. The zero-order chi connectivity index (χ0) is 15.8. The van der Waals surface area contributed by atoms with E-state index in [1.807, 2.05) is 0 Å². The van der Waals surface area contributed by atoms with Gasteiger partial charge in [0, 0.05) is 6.54 Å². The first-order chi connectivity index (χ1) is 10.7. The quantitative estimate of drug-likeness (QED) is 0.758. The molecule has 0 spiro atoms. The highest BCUT2D eigenvalue weighted by atomic mass is 16.5. The Kier molecular flexibility index (Phi) is 6.40. The molecule has 1 aromatic rings. The van der Waals surface area contributed by atoms with Crippen molar-refractivity contribution < 1.29 is 19.4 Å². The zero-order valence-corrected chi connectivity index (χ0v) is 12.7. The molecule has 1 aliphatic carbocycles. The number of rotatable bonds is 7. The molecule has 0 bridgehead atoms. The third-order valence-electron chi connectivity index (χ3n) is 3.93. The van der Waals surface area contributed by atoms with E-state index in [0.29, 0.717) is 24.8 Å². The molecule has 1 aromatic carbocycles. The van der Waals surface area contributed by atoms with Gasteiger partial charge in [0.25, 0.3) is 0 Å². The number of ether oxygens (including phenoxy) is 1. The summed E-state index contributed by atoms with van der Waals surface area (Å²) in [6.45, 7) is 0.974. The molecule has 0 unspecified atom stereocenters. The molecule has 1 aliphatic rings. The Morgan fingerprint density at radius 2 is 1.91 bits per heavy atom. The summed E-state index contributed by atoms with van der Waals surface area (Å²) in [6, 6.07) is 6.57. The lowest BCUT2D eigenvalue weighted by Crippen LogP contribution is -2.30. The summed E-state index contributed by atoms with van der Waals surface area (Å²) in [7, 11) is 0. The van der Waals surface area contributed by atoms with Crippen molar-refractivity contribution in [1.29, 1.82) is 0 Å². The summed E-state index contributed by atoms with van der Waals surface area (Å²) >= 11 is 0. The predicted molar refractivity (Wildman–Crippen MR) is 82.9 cm³/mol. The molecule has 0 aliphatic heterocycles. The Bertz CT molecular complexity index is 509. The molecule has 0 aromatic heterocycles. The van der Waals surface area contributed by atoms with E-state index in [1.165, 1.54) is 25.3 Å². The lowest BCUT2D eigenvalue weighted by molar-refractivity contribution is -0.120. The average molecular weight is 305 g/mol. The van der Waals surface area contributed by atoms with Crippen LogP contribution in [0.15, 0.2) is 24.3 Å². The van der Waals surface area contributed by atoms with E-state index in [1.54, 1.807) is 18.2 Å². The topological polar surface area (TPSA) is 75.6 Å². The van der Waals surface area contributed by atoms with Crippen LogP contribution in [0.4, 0.5) is 0 Å². The fourth-order valence-corrected chi connectivity index (χ4v) is 2.77. The highest BCUT2D eigenvalue weighted by Crippen LogP contribution is 2.19. The van der Waals surface area contributed by atoms with Crippen molar-refractivity contribution in [3.8, 4) is 0 Å². The number of carbonyl (C=O) groups excluding carboxylic acids is 1. The standard InChI is InChI=1S/C17H23NO4/c19-16(12-13-6-4-5-9-15(13)17(20)21)18-10-11-22-14-7-2-1-3-8-14/h4-6,9,14H,1-3,7-8,10-12H2,(H,18,19)(H,20,21). The monoisotopic (exact) mass is 305 g/mol. The predicted octanol–water partition coefficient (Wildman–Crippen LogP) is 2.39. The van der Waals surface area contributed by atoms with Crippen LogP contribution >= 0.6 is 0 Å². The molecule has 0 heterocycles. The Balaban J connectivity index is 1.70. The number of hydrogen-bond acceptors (Lipinski definition) is 3. The molecule has 0 saturated heterocycles. The Morgan fingerprint density at radius 3 is 2.64 bits per heavy atom. The van der Waals surface area contributed by atoms with Crippen molar-refractivity contribution in [2.24, 2.45) is 0 Å². The number of hydrogen-bond donors (Lipinski definition) is 2. The maximum absolute atomic E-state index is 11.9. The van der Waals surface area contributed by atoms with Crippen molar-refractivity contribution in [1.82, 2.24) is 5.32 Å². The van der Waals surface area contributed by atoms with Crippen molar-refractivity contribution in [2.45, 2.75) is 44.6 Å².